The molecule has 0 saturated carbocycles. The van der Waals surface area contributed by atoms with Crippen molar-refractivity contribution in [2.45, 2.75) is 6.92 Å². The van der Waals surface area contributed by atoms with Crippen molar-refractivity contribution in [1.29, 1.82) is 0 Å². The smallest absolute Gasteiger partial charge is 0.150 e. The third-order valence-corrected chi connectivity index (χ3v) is 2.30. The van der Waals surface area contributed by atoms with Crippen LogP contribution in [0.5, 0.6) is 0 Å². The maximum absolute atomic E-state index is 10.5. The van der Waals surface area contributed by atoms with E-state index in [1.807, 2.05) is 61.6 Å². The number of rotatable bonds is 5. The van der Waals surface area contributed by atoms with Gasteiger partial charge in [-0.1, -0.05) is 67.3 Å². The summed E-state index contributed by atoms with van der Waals surface area (Å²) in [7, 11) is 0. The van der Waals surface area contributed by atoms with Gasteiger partial charge in [0.15, 0.2) is 0 Å². The molecule has 0 aliphatic rings. The Labute approximate surface area is 102 Å². The van der Waals surface area contributed by atoms with Gasteiger partial charge in [0.2, 0.25) is 0 Å². The number of hydrogen-bond acceptors (Lipinski definition) is 1. The third kappa shape index (κ3) is 4.47. The predicted octanol–water partition coefficient (Wildman–Crippen LogP) is 4.20. The highest BCUT2D eigenvalue weighted by molar-refractivity contribution is 5.75. The lowest BCUT2D eigenvalue weighted by Crippen LogP contribution is -1.79. The molecule has 0 atom stereocenters. The molecule has 0 aliphatic heterocycles. The summed E-state index contributed by atoms with van der Waals surface area (Å²) in [5.41, 5.74) is 2.88. The number of allylic oxidation sites excluding steroid dienone is 6. The Morgan fingerprint density at radius 1 is 1.12 bits per heavy atom. The van der Waals surface area contributed by atoms with Gasteiger partial charge in [-0.3, -0.25) is 4.79 Å². The average Bonchev–Trinajstić information content (AvgIpc) is 2.39. The van der Waals surface area contributed by atoms with Crippen LogP contribution in [-0.2, 0) is 0 Å². The molecule has 0 amide bonds. The van der Waals surface area contributed by atoms with Crippen LogP contribution in [0.1, 0.15) is 22.8 Å². The van der Waals surface area contributed by atoms with Crippen LogP contribution in [0.2, 0.25) is 0 Å². The van der Waals surface area contributed by atoms with Crippen molar-refractivity contribution in [1.82, 2.24) is 0 Å². The average molecular weight is 224 g/mol. The first kappa shape index (κ1) is 12.9. The van der Waals surface area contributed by atoms with Gasteiger partial charge in [0, 0.05) is 5.56 Å². The molecule has 0 fully saturated rings. The molecule has 0 heterocycles. The van der Waals surface area contributed by atoms with Gasteiger partial charge in [-0.05, 0) is 18.1 Å². The largest absolute Gasteiger partial charge is 0.298 e. The van der Waals surface area contributed by atoms with E-state index in [1.165, 1.54) is 0 Å². The van der Waals surface area contributed by atoms with Crippen LogP contribution in [0.15, 0.2) is 66.8 Å². The summed E-state index contributed by atoms with van der Waals surface area (Å²) in [5.74, 6) is 0. The molecule has 0 bridgehead atoms. The summed E-state index contributed by atoms with van der Waals surface area (Å²) < 4.78 is 0. The van der Waals surface area contributed by atoms with E-state index in [9.17, 15) is 4.79 Å². The maximum Gasteiger partial charge on any atom is 0.150 e. The van der Waals surface area contributed by atoms with Crippen molar-refractivity contribution in [3.63, 3.8) is 0 Å². The number of carbonyl (C=O) groups is 1. The summed E-state index contributed by atoms with van der Waals surface area (Å²) in [6.07, 6.45) is 12.5. The van der Waals surface area contributed by atoms with Crippen molar-refractivity contribution >= 4 is 12.4 Å². The van der Waals surface area contributed by atoms with Crippen molar-refractivity contribution in [3.8, 4) is 0 Å². The quantitative estimate of drug-likeness (QED) is 0.541. The van der Waals surface area contributed by atoms with Crippen LogP contribution in [-0.4, -0.2) is 6.29 Å². The second kappa shape index (κ2) is 7.18. The van der Waals surface area contributed by atoms with E-state index in [2.05, 4.69) is 6.58 Å². The monoisotopic (exact) mass is 224 g/mol. The van der Waals surface area contributed by atoms with Crippen LogP contribution in [0.4, 0.5) is 0 Å². The Hall–Kier alpha value is -2.15. The van der Waals surface area contributed by atoms with Gasteiger partial charge in [0.25, 0.3) is 0 Å². The summed E-state index contributed by atoms with van der Waals surface area (Å²) in [4.78, 5) is 10.5. The zero-order chi connectivity index (χ0) is 12.5. The fraction of sp³-hybridized carbons (Fsp3) is 0.0625. The second-order valence-electron chi connectivity index (χ2n) is 3.50. The lowest BCUT2D eigenvalue weighted by molar-refractivity contribution is 0.112. The summed E-state index contributed by atoms with van der Waals surface area (Å²) >= 11 is 0. The van der Waals surface area contributed by atoms with Crippen LogP contribution >= 0.6 is 0 Å². The van der Waals surface area contributed by atoms with Crippen molar-refractivity contribution in [2.24, 2.45) is 0 Å². The molecular weight excluding hydrogens is 208 g/mol. The Morgan fingerprint density at radius 3 is 2.29 bits per heavy atom. The van der Waals surface area contributed by atoms with Gasteiger partial charge in [-0.2, -0.15) is 0 Å². The van der Waals surface area contributed by atoms with E-state index in [4.69, 9.17) is 0 Å². The molecule has 86 valence electrons. The topological polar surface area (TPSA) is 17.1 Å². The first-order valence-electron chi connectivity index (χ1n) is 5.49. The molecule has 0 saturated heterocycles. The Kier molecular flexibility index (Phi) is 5.45. The van der Waals surface area contributed by atoms with Gasteiger partial charge in [-0.25, -0.2) is 0 Å². The number of carbonyl (C=O) groups excluding carboxylic acids is 1. The minimum atomic E-state index is 0.694. The zero-order valence-electron chi connectivity index (χ0n) is 9.97. The van der Waals surface area contributed by atoms with E-state index < -0.39 is 0 Å². The van der Waals surface area contributed by atoms with E-state index in [0.29, 0.717) is 5.56 Å². The van der Waals surface area contributed by atoms with E-state index >= 15 is 0 Å². The molecule has 0 radical (unpaired) electrons. The van der Waals surface area contributed by atoms with Gasteiger partial charge in [-0.15, -0.1) is 0 Å². The van der Waals surface area contributed by atoms with Crippen molar-refractivity contribution < 1.29 is 4.79 Å². The fourth-order valence-electron chi connectivity index (χ4n) is 1.31. The molecule has 0 N–H and O–H groups in total. The van der Waals surface area contributed by atoms with Crippen LogP contribution < -0.4 is 0 Å². The molecule has 0 aromatic heterocycles. The lowest BCUT2D eigenvalue weighted by atomic mass is 10.1. The lowest BCUT2D eigenvalue weighted by Gasteiger charge is -1.95. The number of aldehydes is 1. The van der Waals surface area contributed by atoms with E-state index in [1.54, 1.807) is 6.08 Å². The highest BCUT2D eigenvalue weighted by Gasteiger charge is 1.89. The molecule has 1 nitrogen and oxygen atoms in total. The van der Waals surface area contributed by atoms with E-state index in [-0.39, 0.29) is 0 Å². The predicted molar refractivity (Wildman–Crippen MR) is 74.0 cm³/mol. The first-order chi connectivity index (χ1) is 8.30. The third-order valence-electron chi connectivity index (χ3n) is 2.30. The molecule has 0 unspecified atom stereocenters. The fourth-order valence-corrected chi connectivity index (χ4v) is 1.31. The number of hydrogen-bond donors (Lipinski definition) is 0. The molecule has 17 heavy (non-hydrogen) atoms. The van der Waals surface area contributed by atoms with Crippen LogP contribution in [0.3, 0.4) is 0 Å². The molecule has 0 spiro atoms. The number of benzene rings is 1. The normalized spacial score (nSPS) is 12.2. The highest BCUT2D eigenvalue weighted by atomic mass is 16.1. The minimum absolute atomic E-state index is 0.694. The molecule has 1 rings (SSSR count). The Bertz CT molecular complexity index is 459. The summed E-state index contributed by atoms with van der Waals surface area (Å²) in [6.45, 7) is 5.62. The SMILES string of the molecule is C=C\C=C/C(/C=C/c1ccc(C=O)cc1)=C\C. The van der Waals surface area contributed by atoms with Gasteiger partial charge >= 0.3 is 0 Å². The molecule has 1 aromatic carbocycles. The molecular formula is C16H16O. The molecule has 1 heteroatoms. The molecule has 1 aromatic rings. The zero-order valence-corrected chi connectivity index (χ0v) is 9.97. The van der Waals surface area contributed by atoms with E-state index in [0.717, 1.165) is 17.4 Å². The minimum Gasteiger partial charge on any atom is -0.298 e. The standard InChI is InChI=1S/C16H16O/c1-3-5-6-14(4-2)7-8-15-9-11-16(13-17)12-10-15/h3-13H,1H2,2H3/b6-5-,8-7+,14-4+. The Balaban J connectivity index is 2.78. The maximum atomic E-state index is 10.5. The van der Waals surface area contributed by atoms with Crippen molar-refractivity contribution in [2.75, 3.05) is 0 Å². The van der Waals surface area contributed by atoms with Gasteiger partial charge in [0.1, 0.15) is 6.29 Å². The molecule has 0 aliphatic carbocycles. The van der Waals surface area contributed by atoms with Crippen LogP contribution in [0.25, 0.3) is 6.08 Å². The first-order valence-corrected chi connectivity index (χ1v) is 5.49. The second-order valence-corrected chi connectivity index (χ2v) is 3.50. The summed E-state index contributed by atoms with van der Waals surface area (Å²) in [6, 6.07) is 7.46. The van der Waals surface area contributed by atoms with Crippen molar-refractivity contribution in [3.05, 3.63) is 77.9 Å². The van der Waals surface area contributed by atoms with Gasteiger partial charge in [0.05, 0.1) is 0 Å². The van der Waals surface area contributed by atoms with Gasteiger partial charge < -0.3 is 0 Å². The highest BCUT2D eigenvalue weighted by Crippen LogP contribution is 2.08. The summed E-state index contributed by atoms with van der Waals surface area (Å²) in [5, 5.41) is 0. The van der Waals surface area contributed by atoms with Crippen LogP contribution in [0, 0.1) is 0 Å². The Morgan fingerprint density at radius 2 is 1.76 bits per heavy atom.